The summed E-state index contributed by atoms with van der Waals surface area (Å²) in [5.74, 6) is 1.43. The first kappa shape index (κ1) is 25.2. The summed E-state index contributed by atoms with van der Waals surface area (Å²) < 4.78 is 2.42. The molecule has 1 aliphatic rings. The molecule has 1 aliphatic carbocycles. The summed E-state index contributed by atoms with van der Waals surface area (Å²) in [7, 11) is 0. The van der Waals surface area contributed by atoms with Gasteiger partial charge in [-0.2, -0.15) is 0 Å². The van der Waals surface area contributed by atoms with Crippen LogP contribution in [0, 0.1) is 0 Å². The van der Waals surface area contributed by atoms with Crippen molar-refractivity contribution in [3.05, 3.63) is 126 Å². The molecule has 0 N–H and O–H groups in total. The van der Waals surface area contributed by atoms with E-state index >= 15 is 0 Å². The zero-order chi connectivity index (χ0) is 27.9. The molecule has 1 saturated carbocycles. The van der Waals surface area contributed by atoms with Crippen LogP contribution in [0.2, 0.25) is 0 Å². The van der Waals surface area contributed by atoms with Crippen LogP contribution in [0.3, 0.4) is 0 Å². The van der Waals surface area contributed by atoms with Crippen molar-refractivity contribution in [2.45, 2.75) is 38.0 Å². The van der Waals surface area contributed by atoms with Crippen molar-refractivity contribution in [2.24, 2.45) is 0 Å². The lowest BCUT2D eigenvalue weighted by atomic mass is 9.84. The number of hydrogen-bond acceptors (Lipinski definition) is 3. The van der Waals surface area contributed by atoms with Gasteiger partial charge in [-0.05, 0) is 78.2 Å². The van der Waals surface area contributed by atoms with Gasteiger partial charge >= 0.3 is 0 Å². The Hall–Kier alpha value is -4.54. The van der Waals surface area contributed by atoms with Gasteiger partial charge in [0.15, 0.2) is 5.82 Å². The van der Waals surface area contributed by atoms with Crippen LogP contribution in [0.15, 0.2) is 121 Å². The molecule has 0 saturated heterocycles. The number of thiophene rings is 1. The molecule has 3 aromatic heterocycles. The van der Waals surface area contributed by atoms with Crippen LogP contribution in [0.1, 0.15) is 43.6 Å². The Morgan fingerprint density at radius 3 is 1.93 bits per heavy atom. The van der Waals surface area contributed by atoms with Gasteiger partial charge in [-0.3, -0.25) is 0 Å². The van der Waals surface area contributed by atoms with Crippen molar-refractivity contribution in [1.29, 1.82) is 0 Å². The van der Waals surface area contributed by atoms with E-state index in [1.54, 1.807) is 0 Å². The standard InChI is InChI=1S/C38H31N3S/c1-4-10-26(11-5-1)30-18-21-36-33(24-30)32-22-23-42-38(32)41(36)31-19-16-29(17-20-31)37-39-34(27-12-6-2-7-13-27)25-35(40-37)28-14-8-3-9-15-28/h2-3,6-9,12-26H,1,4-5,10-11H2. The molecule has 0 unspecified atom stereocenters. The molecule has 42 heavy (non-hydrogen) atoms. The lowest BCUT2D eigenvalue weighted by Crippen LogP contribution is -2.04. The second kappa shape index (κ2) is 10.7. The number of nitrogens with zero attached hydrogens (tertiary/aromatic N) is 3. The van der Waals surface area contributed by atoms with Crippen molar-refractivity contribution in [1.82, 2.24) is 14.5 Å². The van der Waals surface area contributed by atoms with E-state index in [2.05, 4.69) is 113 Å². The van der Waals surface area contributed by atoms with E-state index in [0.29, 0.717) is 5.92 Å². The third kappa shape index (κ3) is 4.53. The Morgan fingerprint density at radius 2 is 1.26 bits per heavy atom. The Bertz CT molecular complexity index is 1940. The molecule has 204 valence electrons. The predicted molar refractivity (Wildman–Crippen MR) is 176 cm³/mol. The van der Waals surface area contributed by atoms with Crippen molar-refractivity contribution in [3.8, 4) is 39.6 Å². The van der Waals surface area contributed by atoms with Crippen LogP contribution in [0.25, 0.3) is 60.7 Å². The van der Waals surface area contributed by atoms with E-state index in [1.165, 1.54) is 58.8 Å². The van der Waals surface area contributed by atoms with Crippen LogP contribution in [-0.4, -0.2) is 14.5 Å². The average Bonchev–Trinajstić information content (AvgIpc) is 3.67. The molecule has 0 atom stereocenters. The summed E-state index contributed by atoms with van der Waals surface area (Å²) in [6.45, 7) is 0. The SMILES string of the molecule is c1ccc(-c2cc(-c3ccccc3)nc(-c3ccc(-n4c5ccc(C6CCCCC6)cc5c5ccsc54)cc3)n2)cc1. The van der Waals surface area contributed by atoms with Gasteiger partial charge in [0.1, 0.15) is 4.83 Å². The first-order valence-electron chi connectivity index (χ1n) is 14.9. The normalized spacial score (nSPS) is 14.1. The van der Waals surface area contributed by atoms with Crippen LogP contribution in [-0.2, 0) is 0 Å². The summed E-state index contributed by atoms with van der Waals surface area (Å²) in [4.78, 5) is 11.3. The highest BCUT2D eigenvalue weighted by atomic mass is 32.1. The molecule has 7 aromatic rings. The lowest BCUT2D eigenvalue weighted by Gasteiger charge is -2.22. The summed E-state index contributed by atoms with van der Waals surface area (Å²) in [5, 5.41) is 4.93. The summed E-state index contributed by atoms with van der Waals surface area (Å²) in [5.41, 5.74) is 8.97. The number of aromatic nitrogens is 3. The minimum absolute atomic E-state index is 0.701. The molecular formula is C38H31N3S. The predicted octanol–water partition coefficient (Wildman–Crippen LogP) is 10.7. The Labute approximate surface area is 250 Å². The number of benzene rings is 4. The van der Waals surface area contributed by atoms with Gasteiger partial charge in [0.05, 0.1) is 16.9 Å². The zero-order valence-electron chi connectivity index (χ0n) is 23.4. The Morgan fingerprint density at radius 1 is 0.595 bits per heavy atom. The molecule has 3 heterocycles. The second-order valence-electron chi connectivity index (χ2n) is 11.3. The van der Waals surface area contributed by atoms with Crippen molar-refractivity contribution in [3.63, 3.8) is 0 Å². The van der Waals surface area contributed by atoms with E-state index in [1.807, 2.05) is 23.5 Å². The van der Waals surface area contributed by atoms with Gasteiger partial charge in [-0.1, -0.05) is 86.0 Å². The summed E-state index contributed by atoms with van der Waals surface area (Å²) >= 11 is 1.81. The van der Waals surface area contributed by atoms with Gasteiger partial charge in [0, 0.05) is 33.2 Å². The zero-order valence-corrected chi connectivity index (χ0v) is 24.2. The first-order chi connectivity index (χ1) is 20.8. The first-order valence-corrected chi connectivity index (χ1v) is 15.8. The molecule has 0 aliphatic heterocycles. The third-order valence-corrected chi connectivity index (χ3v) is 9.62. The highest BCUT2D eigenvalue weighted by molar-refractivity contribution is 7.17. The van der Waals surface area contributed by atoms with Gasteiger partial charge < -0.3 is 4.57 Å². The molecule has 3 nitrogen and oxygen atoms in total. The largest absolute Gasteiger partial charge is 0.301 e. The quantitative estimate of drug-likeness (QED) is 0.209. The van der Waals surface area contributed by atoms with E-state index in [4.69, 9.17) is 9.97 Å². The van der Waals surface area contributed by atoms with Crippen LogP contribution in [0.5, 0.6) is 0 Å². The Balaban J connectivity index is 1.21. The number of fused-ring (bicyclic) bond motifs is 3. The van der Waals surface area contributed by atoms with E-state index in [9.17, 15) is 0 Å². The molecule has 0 bridgehead atoms. The van der Waals surface area contributed by atoms with E-state index in [-0.39, 0.29) is 0 Å². The fourth-order valence-corrected chi connectivity index (χ4v) is 7.50. The maximum absolute atomic E-state index is 5.02. The smallest absolute Gasteiger partial charge is 0.160 e. The van der Waals surface area contributed by atoms with Crippen molar-refractivity contribution >= 4 is 32.5 Å². The van der Waals surface area contributed by atoms with Gasteiger partial charge in [-0.15, -0.1) is 11.3 Å². The van der Waals surface area contributed by atoms with Gasteiger partial charge in [0.2, 0.25) is 0 Å². The molecule has 4 aromatic carbocycles. The minimum Gasteiger partial charge on any atom is -0.301 e. The molecule has 1 fully saturated rings. The molecule has 0 spiro atoms. The van der Waals surface area contributed by atoms with Crippen LogP contribution >= 0.6 is 11.3 Å². The highest BCUT2D eigenvalue weighted by Gasteiger charge is 2.19. The second-order valence-corrected chi connectivity index (χ2v) is 12.2. The number of hydrogen-bond donors (Lipinski definition) is 0. The molecule has 4 heteroatoms. The van der Waals surface area contributed by atoms with Gasteiger partial charge in [-0.25, -0.2) is 9.97 Å². The fourth-order valence-electron chi connectivity index (χ4n) is 6.55. The molecular weight excluding hydrogens is 531 g/mol. The van der Waals surface area contributed by atoms with E-state index in [0.717, 1.165) is 39.6 Å². The van der Waals surface area contributed by atoms with Gasteiger partial charge in [0.25, 0.3) is 0 Å². The summed E-state index contributed by atoms with van der Waals surface area (Å²) in [6.07, 6.45) is 6.73. The fraction of sp³-hybridized carbons (Fsp3) is 0.158. The number of rotatable bonds is 5. The maximum Gasteiger partial charge on any atom is 0.160 e. The maximum atomic E-state index is 5.02. The molecule has 8 rings (SSSR count). The molecule has 0 radical (unpaired) electrons. The highest BCUT2D eigenvalue weighted by Crippen LogP contribution is 2.39. The molecule has 0 amide bonds. The van der Waals surface area contributed by atoms with E-state index < -0.39 is 0 Å². The topological polar surface area (TPSA) is 30.7 Å². The van der Waals surface area contributed by atoms with Crippen molar-refractivity contribution in [2.75, 3.05) is 0 Å². The lowest BCUT2D eigenvalue weighted by molar-refractivity contribution is 0.444. The van der Waals surface area contributed by atoms with Crippen LogP contribution in [0.4, 0.5) is 0 Å². The minimum atomic E-state index is 0.701. The third-order valence-electron chi connectivity index (χ3n) is 8.73. The average molecular weight is 562 g/mol. The van der Waals surface area contributed by atoms with Crippen LogP contribution < -0.4 is 0 Å². The summed E-state index contributed by atoms with van der Waals surface area (Å²) in [6, 6.07) is 41.0. The van der Waals surface area contributed by atoms with Crippen molar-refractivity contribution < 1.29 is 0 Å². The monoisotopic (exact) mass is 561 g/mol. The Kier molecular flexibility index (Phi) is 6.42.